The molecule has 0 unspecified atom stereocenters. The number of para-hydroxylation sites is 1. The van der Waals surface area contributed by atoms with Gasteiger partial charge in [0.1, 0.15) is 5.75 Å². The van der Waals surface area contributed by atoms with Gasteiger partial charge in [-0.2, -0.15) is 0 Å². The summed E-state index contributed by atoms with van der Waals surface area (Å²) in [6.45, 7) is 3.04. The molecule has 0 spiro atoms. The number of hydrogen-bond donors (Lipinski definition) is 2. The average molecular weight is 218 g/mol. The zero-order chi connectivity index (χ0) is 11.5. The summed E-state index contributed by atoms with van der Waals surface area (Å²) >= 11 is 0. The molecular weight excluding hydrogens is 200 g/mol. The number of aryl methyl sites for hydroxylation is 1. The molecule has 1 heterocycles. The van der Waals surface area contributed by atoms with Gasteiger partial charge in [-0.05, 0) is 25.1 Å². The van der Waals surface area contributed by atoms with Gasteiger partial charge in [-0.15, -0.1) is 0 Å². The number of aromatic amines is 1. The summed E-state index contributed by atoms with van der Waals surface area (Å²) in [5.74, 6) is 0.912. The van der Waals surface area contributed by atoms with Crippen LogP contribution < -0.4 is 10.1 Å². The van der Waals surface area contributed by atoms with Crippen LogP contribution in [0, 0.1) is 0 Å². The average Bonchev–Trinajstić information content (AvgIpc) is 2.66. The SMILES string of the molecule is CCc1c(CNC)[nH]c2c(OC)cccc12. The first-order valence-electron chi connectivity index (χ1n) is 5.62. The predicted octanol–water partition coefficient (Wildman–Crippen LogP) is 2.46. The largest absolute Gasteiger partial charge is 0.495 e. The second-order valence-corrected chi connectivity index (χ2v) is 3.85. The number of H-pyrrole nitrogens is 1. The molecule has 1 aromatic carbocycles. The number of methoxy groups -OCH3 is 1. The van der Waals surface area contributed by atoms with Crippen LogP contribution in [-0.2, 0) is 13.0 Å². The van der Waals surface area contributed by atoms with Crippen molar-refractivity contribution in [1.29, 1.82) is 0 Å². The topological polar surface area (TPSA) is 37.0 Å². The molecule has 0 fully saturated rings. The van der Waals surface area contributed by atoms with Crippen molar-refractivity contribution in [2.75, 3.05) is 14.2 Å². The van der Waals surface area contributed by atoms with Gasteiger partial charge in [0.25, 0.3) is 0 Å². The van der Waals surface area contributed by atoms with Crippen LogP contribution in [0.1, 0.15) is 18.2 Å². The fourth-order valence-corrected chi connectivity index (χ4v) is 2.20. The molecule has 3 nitrogen and oxygen atoms in total. The summed E-state index contributed by atoms with van der Waals surface area (Å²) < 4.78 is 5.37. The molecule has 0 saturated carbocycles. The zero-order valence-corrected chi connectivity index (χ0v) is 10.1. The summed E-state index contributed by atoms with van der Waals surface area (Å²) in [6.07, 6.45) is 1.03. The summed E-state index contributed by atoms with van der Waals surface area (Å²) in [7, 11) is 3.67. The van der Waals surface area contributed by atoms with Gasteiger partial charge in [0.05, 0.1) is 12.6 Å². The quantitative estimate of drug-likeness (QED) is 0.827. The monoisotopic (exact) mass is 218 g/mol. The fraction of sp³-hybridized carbons (Fsp3) is 0.385. The fourth-order valence-electron chi connectivity index (χ4n) is 2.20. The van der Waals surface area contributed by atoms with Crippen molar-refractivity contribution in [3.63, 3.8) is 0 Å². The van der Waals surface area contributed by atoms with Crippen LogP contribution in [0.3, 0.4) is 0 Å². The molecule has 2 aromatic rings. The van der Waals surface area contributed by atoms with Crippen LogP contribution in [0.5, 0.6) is 5.75 Å². The highest BCUT2D eigenvalue weighted by molar-refractivity contribution is 5.89. The molecule has 0 amide bonds. The minimum atomic E-state index is 0.862. The molecule has 0 saturated heterocycles. The molecule has 2 rings (SSSR count). The van der Waals surface area contributed by atoms with E-state index in [1.54, 1.807) is 7.11 Å². The Hall–Kier alpha value is -1.48. The van der Waals surface area contributed by atoms with E-state index < -0.39 is 0 Å². The standard InChI is InChI=1S/C13H18N2O/c1-4-9-10-6-5-7-12(16-3)13(10)15-11(9)8-14-2/h5-7,14-15H,4,8H2,1-3H3. The van der Waals surface area contributed by atoms with E-state index in [1.807, 2.05) is 19.2 Å². The van der Waals surface area contributed by atoms with Gasteiger partial charge in [0.15, 0.2) is 0 Å². The Kier molecular flexibility index (Phi) is 3.15. The second-order valence-electron chi connectivity index (χ2n) is 3.85. The smallest absolute Gasteiger partial charge is 0.142 e. The third-order valence-electron chi connectivity index (χ3n) is 2.92. The number of hydrogen-bond acceptors (Lipinski definition) is 2. The van der Waals surface area contributed by atoms with E-state index in [0.29, 0.717) is 0 Å². The molecular formula is C13H18N2O. The summed E-state index contributed by atoms with van der Waals surface area (Å²) in [5, 5.41) is 4.46. The summed E-state index contributed by atoms with van der Waals surface area (Å²) in [6, 6.07) is 6.17. The number of fused-ring (bicyclic) bond motifs is 1. The third-order valence-corrected chi connectivity index (χ3v) is 2.92. The van der Waals surface area contributed by atoms with E-state index in [9.17, 15) is 0 Å². The highest BCUT2D eigenvalue weighted by atomic mass is 16.5. The van der Waals surface area contributed by atoms with E-state index >= 15 is 0 Å². The van der Waals surface area contributed by atoms with Crippen molar-refractivity contribution in [3.05, 3.63) is 29.5 Å². The van der Waals surface area contributed by atoms with Gasteiger partial charge in [-0.3, -0.25) is 0 Å². The molecule has 0 bridgehead atoms. The Morgan fingerprint density at radius 3 is 2.81 bits per heavy atom. The molecule has 16 heavy (non-hydrogen) atoms. The van der Waals surface area contributed by atoms with Gasteiger partial charge in [-0.25, -0.2) is 0 Å². The first kappa shape index (κ1) is 11.0. The molecule has 3 heteroatoms. The van der Waals surface area contributed by atoms with Crippen molar-refractivity contribution < 1.29 is 4.74 Å². The lowest BCUT2D eigenvalue weighted by atomic mass is 10.1. The highest BCUT2D eigenvalue weighted by Gasteiger charge is 2.11. The summed E-state index contributed by atoms with van der Waals surface area (Å²) in [4.78, 5) is 3.45. The maximum absolute atomic E-state index is 5.37. The molecule has 0 atom stereocenters. The highest BCUT2D eigenvalue weighted by Crippen LogP contribution is 2.29. The van der Waals surface area contributed by atoms with Crippen molar-refractivity contribution >= 4 is 10.9 Å². The number of nitrogens with one attached hydrogen (secondary N) is 2. The molecule has 86 valence electrons. The number of ether oxygens (including phenoxy) is 1. The van der Waals surface area contributed by atoms with Gasteiger partial charge < -0.3 is 15.0 Å². The Morgan fingerprint density at radius 2 is 2.19 bits per heavy atom. The van der Waals surface area contributed by atoms with Crippen molar-refractivity contribution in [3.8, 4) is 5.75 Å². The van der Waals surface area contributed by atoms with Gasteiger partial charge >= 0.3 is 0 Å². The van der Waals surface area contributed by atoms with Crippen LogP contribution in [0.2, 0.25) is 0 Å². The lowest BCUT2D eigenvalue weighted by molar-refractivity contribution is 0.419. The van der Waals surface area contributed by atoms with Crippen molar-refractivity contribution in [2.45, 2.75) is 19.9 Å². The van der Waals surface area contributed by atoms with E-state index in [4.69, 9.17) is 4.74 Å². The van der Waals surface area contributed by atoms with Crippen molar-refractivity contribution in [2.24, 2.45) is 0 Å². The van der Waals surface area contributed by atoms with Crippen LogP contribution in [-0.4, -0.2) is 19.1 Å². The Balaban J connectivity index is 2.65. The molecule has 2 N–H and O–H groups in total. The van der Waals surface area contributed by atoms with Gasteiger partial charge in [0.2, 0.25) is 0 Å². The zero-order valence-electron chi connectivity index (χ0n) is 10.1. The Bertz CT molecular complexity index is 488. The minimum Gasteiger partial charge on any atom is -0.495 e. The predicted molar refractivity (Wildman–Crippen MR) is 67.0 cm³/mol. The first-order chi connectivity index (χ1) is 7.81. The van der Waals surface area contributed by atoms with Crippen LogP contribution in [0.25, 0.3) is 10.9 Å². The minimum absolute atomic E-state index is 0.862. The normalized spacial score (nSPS) is 10.9. The Morgan fingerprint density at radius 1 is 1.38 bits per heavy atom. The maximum atomic E-state index is 5.37. The van der Waals surface area contributed by atoms with E-state index in [2.05, 4.69) is 23.3 Å². The molecule has 0 aliphatic rings. The van der Waals surface area contributed by atoms with Crippen LogP contribution in [0.4, 0.5) is 0 Å². The van der Waals surface area contributed by atoms with E-state index in [1.165, 1.54) is 16.6 Å². The van der Waals surface area contributed by atoms with Gasteiger partial charge in [-0.1, -0.05) is 19.1 Å². The molecule has 0 aliphatic heterocycles. The maximum Gasteiger partial charge on any atom is 0.142 e. The van der Waals surface area contributed by atoms with Crippen LogP contribution >= 0.6 is 0 Å². The van der Waals surface area contributed by atoms with Crippen LogP contribution in [0.15, 0.2) is 18.2 Å². The molecule has 0 radical (unpaired) electrons. The van der Waals surface area contributed by atoms with Crippen molar-refractivity contribution in [1.82, 2.24) is 10.3 Å². The number of benzene rings is 1. The number of aromatic nitrogens is 1. The second kappa shape index (κ2) is 4.58. The summed E-state index contributed by atoms with van der Waals surface area (Å²) in [5.41, 5.74) is 3.74. The van der Waals surface area contributed by atoms with E-state index in [0.717, 1.165) is 24.2 Å². The molecule has 0 aliphatic carbocycles. The number of rotatable bonds is 4. The van der Waals surface area contributed by atoms with Gasteiger partial charge in [0, 0.05) is 17.6 Å². The Labute approximate surface area is 95.8 Å². The lowest BCUT2D eigenvalue weighted by Gasteiger charge is -2.01. The molecule has 1 aromatic heterocycles. The lowest BCUT2D eigenvalue weighted by Crippen LogP contribution is -2.07. The van der Waals surface area contributed by atoms with E-state index in [-0.39, 0.29) is 0 Å². The third kappa shape index (κ3) is 1.67. The first-order valence-corrected chi connectivity index (χ1v) is 5.62.